The molecular formula is C18H9Cl2F3N6O5. The molecule has 34 heavy (non-hydrogen) atoms. The Kier molecular flexibility index (Phi) is 6.80. The number of nitrogens with one attached hydrogen (secondary N) is 2. The molecule has 0 aliphatic carbocycles. The average Bonchev–Trinajstić information content (AvgIpc) is 2.75. The molecule has 16 heteroatoms. The maximum Gasteiger partial charge on any atom is 0.471 e. The Balaban J connectivity index is 1.98. The third kappa shape index (κ3) is 5.11. The number of nitriles is 1. The standard InChI is InChI=1S/C18H9Cl2F3N6O5/c1-33-15-11(26-16(31)18(21,22)23)4-8(6-25-15)34-13-9(19)2-7(3-10(13)20)29-17(32)27-14(30)12(5-24)28-29/h2-4,6H,1H3,(H,26,31)(H,27,30,32). The molecule has 0 unspecified atom stereocenters. The first kappa shape index (κ1) is 24.6. The second-order valence-electron chi connectivity index (χ2n) is 6.15. The van der Waals surface area contributed by atoms with Crippen molar-refractivity contribution in [3.05, 3.63) is 61.0 Å². The number of alkyl halides is 3. The fourth-order valence-corrected chi connectivity index (χ4v) is 3.02. The number of H-pyrrole nitrogens is 1. The number of pyridine rings is 1. The molecule has 176 valence electrons. The van der Waals surface area contributed by atoms with E-state index in [-0.39, 0.29) is 33.1 Å². The van der Waals surface area contributed by atoms with E-state index in [9.17, 15) is 27.6 Å². The van der Waals surface area contributed by atoms with E-state index in [0.717, 1.165) is 19.4 Å². The molecule has 2 heterocycles. The third-order valence-corrected chi connectivity index (χ3v) is 4.47. The number of amides is 1. The van der Waals surface area contributed by atoms with Gasteiger partial charge in [-0.05, 0) is 12.1 Å². The van der Waals surface area contributed by atoms with Crippen LogP contribution in [0.25, 0.3) is 5.69 Å². The molecule has 2 N–H and O–H groups in total. The zero-order chi connectivity index (χ0) is 25.2. The summed E-state index contributed by atoms with van der Waals surface area (Å²) in [6.07, 6.45) is -4.10. The molecule has 0 saturated heterocycles. The Bertz CT molecular complexity index is 1420. The molecule has 2 aromatic heterocycles. The number of halogens is 5. The summed E-state index contributed by atoms with van der Waals surface area (Å²) in [4.78, 5) is 40.5. The van der Waals surface area contributed by atoms with Crippen molar-refractivity contribution in [2.75, 3.05) is 12.4 Å². The van der Waals surface area contributed by atoms with Crippen molar-refractivity contribution >= 4 is 34.8 Å². The van der Waals surface area contributed by atoms with Crippen LogP contribution in [0.5, 0.6) is 17.4 Å². The van der Waals surface area contributed by atoms with Gasteiger partial charge < -0.3 is 14.8 Å². The first-order valence-electron chi connectivity index (χ1n) is 8.67. The quantitative estimate of drug-likeness (QED) is 0.524. The fraction of sp³-hybridized carbons (Fsp3) is 0.111. The SMILES string of the molecule is COc1ncc(Oc2c(Cl)cc(-n3nc(C#N)c(=O)[nH]c3=O)cc2Cl)cc1NC(=O)C(F)(F)F. The molecule has 0 aliphatic rings. The number of carbonyl (C=O) groups excluding carboxylic acids is 1. The number of carbonyl (C=O) groups is 1. The highest BCUT2D eigenvalue weighted by Crippen LogP contribution is 2.39. The Morgan fingerprint density at radius 2 is 1.88 bits per heavy atom. The van der Waals surface area contributed by atoms with Gasteiger partial charge in [0.25, 0.3) is 5.56 Å². The van der Waals surface area contributed by atoms with Crippen molar-refractivity contribution in [1.82, 2.24) is 19.7 Å². The van der Waals surface area contributed by atoms with Crippen LogP contribution in [0, 0.1) is 11.3 Å². The van der Waals surface area contributed by atoms with Gasteiger partial charge in [-0.3, -0.25) is 14.6 Å². The lowest BCUT2D eigenvalue weighted by Crippen LogP contribution is -2.33. The Morgan fingerprint density at radius 3 is 2.44 bits per heavy atom. The predicted octanol–water partition coefficient (Wildman–Crippen LogP) is 2.80. The zero-order valence-corrected chi connectivity index (χ0v) is 18.0. The number of benzene rings is 1. The van der Waals surface area contributed by atoms with Crippen molar-refractivity contribution in [2.45, 2.75) is 6.18 Å². The van der Waals surface area contributed by atoms with E-state index in [2.05, 4.69) is 10.1 Å². The van der Waals surface area contributed by atoms with Gasteiger partial charge >= 0.3 is 17.8 Å². The number of aromatic amines is 1. The number of methoxy groups -OCH3 is 1. The Morgan fingerprint density at radius 1 is 1.24 bits per heavy atom. The summed E-state index contributed by atoms with van der Waals surface area (Å²) >= 11 is 12.4. The minimum atomic E-state index is -5.16. The third-order valence-electron chi connectivity index (χ3n) is 3.91. The van der Waals surface area contributed by atoms with Crippen LogP contribution in [0.4, 0.5) is 18.9 Å². The van der Waals surface area contributed by atoms with Crippen LogP contribution in [0.2, 0.25) is 10.0 Å². The Labute approximate surface area is 196 Å². The predicted molar refractivity (Wildman–Crippen MR) is 111 cm³/mol. The highest BCUT2D eigenvalue weighted by Gasteiger charge is 2.39. The second-order valence-corrected chi connectivity index (χ2v) is 6.97. The van der Waals surface area contributed by atoms with E-state index >= 15 is 0 Å². The molecule has 3 rings (SSSR count). The molecule has 1 amide bonds. The summed E-state index contributed by atoms with van der Waals surface area (Å²) in [5, 5.41) is 13.8. The topological polar surface area (TPSA) is 152 Å². The number of hydrogen-bond acceptors (Lipinski definition) is 8. The van der Waals surface area contributed by atoms with E-state index < -0.39 is 34.7 Å². The number of anilines is 1. The van der Waals surface area contributed by atoms with Crippen LogP contribution in [0.1, 0.15) is 5.69 Å². The largest absolute Gasteiger partial charge is 0.480 e. The molecule has 0 radical (unpaired) electrons. The summed E-state index contributed by atoms with van der Waals surface area (Å²) in [5.41, 5.74) is -3.04. The molecule has 11 nitrogen and oxygen atoms in total. The van der Waals surface area contributed by atoms with E-state index in [4.69, 9.17) is 37.9 Å². The van der Waals surface area contributed by atoms with Crippen molar-refractivity contribution in [1.29, 1.82) is 5.26 Å². The van der Waals surface area contributed by atoms with Crippen LogP contribution in [-0.2, 0) is 4.79 Å². The first-order chi connectivity index (χ1) is 15.9. The van der Waals surface area contributed by atoms with Crippen LogP contribution < -0.4 is 26.0 Å². The molecule has 0 aliphatic heterocycles. The molecule has 0 atom stereocenters. The molecule has 0 spiro atoms. The van der Waals surface area contributed by atoms with E-state index in [1.165, 1.54) is 18.2 Å². The van der Waals surface area contributed by atoms with Gasteiger partial charge in [0.1, 0.15) is 17.5 Å². The van der Waals surface area contributed by atoms with Gasteiger partial charge in [0.05, 0.1) is 29.0 Å². The lowest BCUT2D eigenvalue weighted by Gasteiger charge is -2.14. The lowest BCUT2D eigenvalue weighted by atomic mass is 10.3. The summed E-state index contributed by atoms with van der Waals surface area (Å²) in [7, 11) is 1.13. The number of hydrogen-bond donors (Lipinski definition) is 2. The molecule has 0 fully saturated rings. The highest BCUT2D eigenvalue weighted by atomic mass is 35.5. The fourth-order valence-electron chi connectivity index (χ4n) is 2.47. The summed E-state index contributed by atoms with van der Waals surface area (Å²) in [6, 6.07) is 4.84. The Hall–Kier alpha value is -4.09. The lowest BCUT2D eigenvalue weighted by molar-refractivity contribution is -0.167. The maximum atomic E-state index is 12.6. The highest BCUT2D eigenvalue weighted by molar-refractivity contribution is 6.37. The number of aromatic nitrogens is 4. The van der Waals surface area contributed by atoms with Gasteiger partial charge in [-0.15, -0.1) is 5.10 Å². The number of nitrogens with zero attached hydrogens (tertiary/aromatic N) is 4. The average molecular weight is 517 g/mol. The van der Waals surface area contributed by atoms with Crippen molar-refractivity contribution < 1.29 is 27.4 Å². The molecule has 3 aromatic rings. The summed E-state index contributed by atoms with van der Waals surface area (Å²) in [6.45, 7) is 0. The van der Waals surface area contributed by atoms with Crippen LogP contribution in [0.3, 0.4) is 0 Å². The molecular weight excluding hydrogens is 508 g/mol. The normalized spacial score (nSPS) is 11.0. The van der Waals surface area contributed by atoms with Crippen LogP contribution in [0.15, 0.2) is 34.0 Å². The van der Waals surface area contributed by atoms with E-state index in [0.29, 0.717) is 4.68 Å². The van der Waals surface area contributed by atoms with Crippen molar-refractivity contribution in [3.8, 4) is 29.1 Å². The summed E-state index contributed by atoms with van der Waals surface area (Å²) < 4.78 is 48.8. The van der Waals surface area contributed by atoms with Gasteiger partial charge in [0.15, 0.2) is 5.75 Å². The van der Waals surface area contributed by atoms with Gasteiger partial charge in [-0.25, -0.2) is 9.78 Å². The van der Waals surface area contributed by atoms with Gasteiger partial charge in [-0.1, -0.05) is 23.2 Å². The van der Waals surface area contributed by atoms with Gasteiger partial charge in [-0.2, -0.15) is 23.1 Å². The second kappa shape index (κ2) is 9.41. The van der Waals surface area contributed by atoms with Crippen molar-refractivity contribution in [2.24, 2.45) is 0 Å². The minimum Gasteiger partial charge on any atom is -0.480 e. The van der Waals surface area contributed by atoms with Crippen molar-refractivity contribution in [3.63, 3.8) is 0 Å². The zero-order valence-electron chi connectivity index (χ0n) is 16.5. The molecule has 0 saturated carbocycles. The number of ether oxygens (including phenoxy) is 2. The van der Waals surface area contributed by atoms with Crippen LogP contribution >= 0.6 is 23.2 Å². The summed E-state index contributed by atoms with van der Waals surface area (Å²) in [5.74, 6) is -2.96. The first-order valence-corrected chi connectivity index (χ1v) is 9.43. The van der Waals surface area contributed by atoms with Gasteiger partial charge in [0, 0.05) is 6.07 Å². The monoisotopic (exact) mass is 516 g/mol. The van der Waals surface area contributed by atoms with E-state index in [1.807, 2.05) is 4.98 Å². The molecule has 0 bridgehead atoms. The maximum absolute atomic E-state index is 12.6. The minimum absolute atomic E-state index is 0.0360. The smallest absolute Gasteiger partial charge is 0.471 e. The van der Waals surface area contributed by atoms with E-state index in [1.54, 1.807) is 5.32 Å². The number of rotatable bonds is 5. The van der Waals surface area contributed by atoms with Gasteiger partial charge in [0.2, 0.25) is 11.6 Å². The van der Waals surface area contributed by atoms with Crippen LogP contribution in [-0.4, -0.2) is 38.9 Å². The molecule has 1 aromatic carbocycles.